The van der Waals surface area contributed by atoms with Crippen molar-refractivity contribution in [2.24, 2.45) is 4.99 Å². The summed E-state index contributed by atoms with van der Waals surface area (Å²) in [6.07, 6.45) is 12.5. The molecule has 0 aromatic carbocycles. The van der Waals surface area contributed by atoms with Gasteiger partial charge in [-0.1, -0.05) is 32.6 Å². The van der Waals surface area contributed by atoms with E-state index in [1.165, 1.54) is 38.5 Å². The predicted octanol–water partition coefficient (Wildman–Crippen LogP) is 3.28. The molecule has 0 saturated heterocycles. The summed E-state index contributed by atoms with van der Waals surface area (Å²) in [6, 6.07) is 1.19. The third-order valence-corrected chi connectivity index (χ3v) is 7.85. The van der Waals surface area contributed by atoms with Gasteiger partial charge in [0.15, 0.2) is 5.96 Å². The van der Waals surface area contributed by atoms with Crippen molar-refractivity contribution in [2.45, 2.75) is 95.4 Å². The molecular weight excluding hydrogens is 356 g/mol. The van der Waals surface area contributed by atoms with E-state index in [1.54, 1.807) is 0 Å². The van der Waals surface area contributed by atoms with Gasteiger partial charge in [-0.3, -0.25) is 9.20 Å². The Hall–Kier alpha value is -0.620. The van der Waals surface area contributed by atoms with Gasteiger partial charge < -0.3 is 15.5 Å². The van der Waals surface area contributed by atoms with Crippen LogP contribution in [0, 0.1) is 0 Å². The fourth-order valence-electron chi connectivity index (χ4n) is 4.48. The average molecular weight is 399 g/mol. The van der Waals surface area contributed by atoms with Crippen LogP contribution in [0.4, 0.5) is 0 Å². The summed E-state index contributed by atoms with van der Waals surface area (Å²) in [4.78, 5) is 7.35. The van der Waals surface area contributed by atoms with E-state index in [4.69, 9.17) is 4.99 Å². The highest BCUT2D eigenvalue weighted by Crippen LogP contribution is 2.23. The summed E-state index contributed by atoms with van der Waals surface area (Å²) >= 11 is 0. The molecule has 0 aromatic heterocycles. The Bertz CT molecular complexity index is 465. The standard InChI is InChI=1S/C21H42N4OS/c1-4-22-21(24-18-11-9-14-20(17-18)27(26)5-2)23-15-10-16-25(3)19-12-7-6-8-13-19/h18-20H,4-17H2,1-3H3,(H2,22,23,24). The first-order chi connectivity index (χ1) is 13.1. The first-order valence-corrected chi connectivity index (χ1v) is 12.6. The fourth-order valence-corrected chi connectivity index (χ4v) is 5.83. The Labute approximate surface area is 169 Å². The Morgan fingerprint density at radius 2 is 1.89 bits per heavy atom. The minimum atomic E-state index is -0.673. The van der Waals surface area contributed by atoms with Gasteiger partial charge in [0.1, 0.15) is 0 Å². The van der Waals surface area contributed by atoms with Gasteiger partial charge >= 0.3 is 0 Å². The van der Waals surface area contributed by atoms with Gasteiger partial charge in [0, 0.05) is 47.0 Å². The Kier molecular flexibility index (Phi) is 10.7. The smallest absolute Gasteiger partial charge is 0.191 e. The number of aliphatic imine (C=N–C) groups is 1. The molecule has 0 spiro atoms. The third-order valence-electron chi connectivity index (χ3n) is 6.10. The van der Waals surface area contributed by atoms with Crippen LogP contribution in [-0.4, -0.2) is 64.8 Å². The molecule has 3 atom stereocenters. The van der Waals surface area contributed by atoms with E-state index in [1.807, 2.05) is 6.92 Å². The lowest BCUT2D eigenvalue weighted by molar-refractivity contribution is 0.191. The highest BCUT2D eigenvalue weighted by atomic mass is 32.2. The predicted molar refractivity (Wildman–Crippen MR) is 118 cm³/mol. The average Bonchev–Trinajstić information content (AvgIpc) is 2.71. The van der Waals surface area contributed by atoms with Gasteiger partial charge in [0.2, 0.25) is 0 Å². The second-order valence-electron chi connectivity index (χ2n) is 8.19. The van der Waals surface area contributed by atoms with Gasteiger partial charge in [-0.15, -0.1) is 0 Å². The van der Waals surface area contributed by atoms with Crippen LogP contribution in [0.15, 0.2) is 4.99 Å². The molecule has 2 fully saturated rings. The van der Waals surface area contributed by atoms with Crippen LogP contribution in [0.1, 0.15) is 78.1 Å². The van der Waals surface area contributed by atoms with Gasteiger partial charge in [0.05, 0.1) is 0 Å². The molecule has 0 aromatic rings. The number of hydrogen-bond donors (Lipinski definition) is 2. The summed E-state index contributed by atoms with van der Waals surface area (Å²) in [5, 5.41) is 7.35. The van der Waals surface area contributed by atoms with Crippen LogP contribution in [0.5, 0.6) is 0 Å². The largest absolute Gasteiger partial charge is 0.357 e. The maximum Gasteiger partial charge on any atom is 0.191 e. The molecule has 0 amide bonds. The molecule has 2 rings (SSSR count). The minimum absolute atomic E-state index is 0.355. The molecule has 2 aliphatic rings. The monoisotopic (exact) mass is 398 g/mol. The second-order valence-corrected chi connectivity index (χ2v) is 10.2. The summed E-state index contributed by atoms with van der Waals surface area (Å²) < 4.78 is 12.2. The van der Waals surface area contributed by atoms with Crippen molar-refractivity contribution >= 4 is 16.8 Å². The quantitative estimate of drug-likeness (QED) is 0.355. The van der Waals surface area contributed by atoms with Crippen molar-refractivity contribution < 1.29 is 4.21 Å². The molecule has 0 radical (unpaired) electrons. The molecule has 5 nitrogen and oxygen atoms in total. The van der Waals surface area contributed by atoms with Crippen LogP contribution in [-0.2, 0) is 10.8 Å². The van der Waals surface area contributed by atoms with Crippen molar-refractivity contribution in [3.05, 3.63) is 0 Å². The lowest BCUT2D eigenvalue weighted by Gasteiger charge is -2.31. The Morgan fingerprint density at radius 1 is 1.11 bits per heavy atom. The molecule has 0 heterocycles. The highest BCUT2D eigenvalue weighted by molar-refractivity contribution is 7.85. The normalized spacial score (nSPS) is 26.1. The first-order valence-electron chi connectivity index (χ1n) is 11.3. The van der Waals surface area contributed by atoms with E-state index in [-0.39, 0.29) is 0 Å². The van der Waals surface area contributed by atoms with E-state index < -0.39 is 10.8 Å². The van der Waals surface area contributed by atoms with E-state index in [0.29, 0.717) is 11.3 Å². The summed E-state index contributed by atoms with van der Waals surface area (Å²) in [5.41, 5.74) is 0. The van der Waals surface area contributed by atoms with Crippen molar-refractivity contribution in [3.63, 3.8) is 0 Å². The van der Waals surface area contributed by atoms with Gasteiger partial charge in [-0.05, 0) is 59.0 Å². The summed E-state index contributed by atoms with van der Waals surface area (Å²) in [6.45, 7) is 7.02. The highest BCUT2D eigenvalue weighted by Gasteiger charge is 2.26. The molecule has 2 aliphatic carbocycles. The number of nitrogens with one attached hydrogen (secondary N) is 2. The molecule has 27 heavy (non-hydrogen) atoms. The van der Waals surface area contributed by atoms with E-state index in [9.17, 15) is 4.21 Å². The van der Waals surface area contributed by atoms with Crippen molar-refractivity contribution in [3.8, 4) is 0 Å². The van der Waals surface area contributed by atoms with Crippen LogP contribution >= 0.6 is 0 Å². The topological polar surface area (TPSA) is 56.7 Å². The maximum absolute atomic E-state index is 12.2. The van der Waals surface area contributed by atoms with E-state index >= 15 is 0 Å². The third kappa shape index (κ3) is 8.10. The van der Waals surface area contributed by atoms with E-state index in [0.717, 1.165) is 63.1 Å². The zero-order chi connectivity index (χ0) is 19.5. The number of guanidine groups is 1. The molecule has 0 bridgehead atoms. The second kappa shape index (κ2) is 12.8. The van der Waals surface area contributed by atoms with Crippen molar-refractivity contribution in [2.75, 3.05) is 32.4 Å². The molecule has 158 valence electrons. The zero-order valence-electron chi connectivity index (χ0n) is 17.8. The molecular formula is C21H42N4OS. The molecule has 3 unspecified atom stereocenters. The van der Waals surface area contributed by atoms with Gasteiger partial charge in [0.25, 0.3) is 0 Å². The molecule has 0 aliphatic heterocycles. The SMILES string of the molecule is CCNC(=NCCCN(C)C1CCCCC1)NC1CCCC(S(=O)CC)C1. The zero-order valence-corrected chi connectivity index (χ0v) is 18.7. The summed E-state index contributed by atoms with van der Waals surface area (Å²) in [5.74, 6) is 1.71. The van der Waals surface area contributed by atoms with Crippen LogP contribution in [0.2, 0.25) is 0 Å². The van der Waals surface area contributed by atoms with Gasteiger partial charge in [-0.2, -0.15) is 0 Å². The number of rotatable bonds is 9. The molecule has 2 N–H and O–H groups in total. The number of nitrogens with zero attached hydrogens (tertiary/aromatic N) is 2. The number of hydrogen-bond acceptors (Lipinski definition) is 3. The lowest BCUT2D eigenvalue weighted by atomic mass is 9.94. The summed E-state index contributed by atoms with van der Waals surface area (Å²) in [7, 11) is 1.60. The molecule has 6 heteroatoms. The lowest BCUT2D eigenvalue weighted by Crippen LogP contribution is -2.46. The van der Waals surface area contributed by atoms with E-state index in [2.05, 4.69) is 29.5 Å². The minimum Gasteiger partial charge on any atom is -0.357 e. The van der Waals surface area contributed by atoms with Crippen LogP contribution in [0.3, 0.4) is 0 Å². The molecule has 2 saturated carbocycles. The van der Waals surface area contributed by atoms with Crippen molar-refractivity contribution in [1.82, 2.24) is 15.5 Å². The van der Waals surface area contributed by atoms with Crippen LogP contribution < -0.4 is 10.6 Å². The first kappa shape index (κ1) is 22.7. The fraction of sp³-hybridized carbons (Fsp3) is 0.952. The van der Waals surface area contributed by atoms with Gasteiger partial charge in [-0.25, -0.2) is 0 Å². The van der Waals surface area contributed by atoms with Crippen LogP contribution in [0.25, 0.3) is 0 Å². The van der Waals surface area contributed by atoms with Crippen molar-refractivity contribution in [1.29, 1.82) is 0 Å². The Balaban J connectivity index is 1.75. The Morgan fingerprint density at radius 3 is 2.59 bits per heavy atom. The maximum atomic E-state index is 12.2.